The molecule has 12 heteroatoms. The second kappa shape index (κ2) is 10.6. The highest BCUT2D eigenvalue weighted by Crippen LogP contribution is 2.19. The highest BCUT2D eigenvalue weighted by atomic mass is 16.2. The lowest BCUT2D eigenvalue weighted by Gasteiger charge is -2.20. The molecule has 1 aliphatic heterocycles. The van der Waals surface area contributed by atoms with Gasteiger partial charge in [0.05, 0.1) is 18.7 Å². The van der Waals surface area contributed by atoms with Gasteiger partial charge >= 0.3 is 0 Å². The molecule has 1 unspecified atom stereocenters. The zero-order chi connectivity index (χ0) is 23.0. The van der Waals surface area contributed by atoms with Gasteiger partial charge in [0.2, 0.25) is 17.7 Å². The molecule has 2 rings (SSSR count). The lowest BCUT2D eigenvalue weighted by atomic mass is 10.1. The summed E-state index contributed by atoms with van der Waals surface area (Å²) in [5.74, 6) is -2.60. The molecule has 1 aromatic rings. The topological polar surface area (TPSA) is 179 Å². The Morgan fingerprint density at radius 3 is 2.35 bits per heavy atom. The molecule has 0 fully saturated rings. The van der Waals surface area contributed by atoms with Crippen molar-refractivity contribution in [1.82, 2.24) is 10.2 Å². The predicted octanol–water partition coefficient (Wildman–Crippen LogP) is -0.213. The minimum Gasteiger partial charge on any atom is -0.368 e. The first-order valence-corrected chi connectivity index (χ1v) is 9.21. The number of imide groups is 1. The molecule has 0 spiro atoms. The Morgan fingerprint density at radius 2 is 1.81 bits per heavy atom. The van der Waals surface area contributed by atoms with Gasteiger partial charge in [0.1, 0.15) is 6.04 Å². The summed E-state index contributed by atoms with van der Waals surface area (Å²) in [4.78, 5) is 64.1. The van der Waals surface area contributed by atoms with Gasteiger partial charge in [-0.15, -0.1) is 0 Å². The number of azide groups is 1. The van der Waals surface area contributed by atoms with Gasteiger partial charge in [-0.1, -0.05) is 17.2 Å². The van der Waals surface area contributed by atoms with Gasteiger partial charge in [-0.25, -0.2) is 4.90 Å². The molecule has 0 bridgehead atoms. The molecule has 1 atom stereocenters. The Balaban J connectivity index is 1.89. The maximum absolute atomic E-state index is 12.4. The fraction of sp³-hybridized carbons (Fsp3) is 0.316. The second-order valence-electron chi connectivity index (χ2n) is 6.70. The van der Waals surface area contributed by atoms with E-state index in [9.17, 15) is 24.0 Å². The highest BCUT2D eigenvalue weighted by Gasteiger charge is 2.25. The van der Waals surface area contributed by atoms with E-state index in [1.165, 1.54) is 24.1 Å². The van der Waals surface area contributed by atoms with Crippen LogP contribution in [0.15, 0.2) is 41.5 Å². The average molecular weight is 427 g/mol. The van der Waals surface area contributed by atoms with Gasteiger partial charge in [0, 0.05) is 30.7 Å². The number of carbonyl (C=O) groups excluding carboxylic acids is 5. The Bertz CT molecular complexity index is 948. The first kappa shape index (κ1) is 23.1. The van der Waals surface area contributed by atoms with E-state index in [2.05, 4.69) is 15.3 Å². The molecule has 1 aliphatic rings. The van der Waals surface area contributed by atoms with Crippen LogP contribution >= 0.6 is 0 Å². The van der Waals surface area contributed by atoms with Crippen molar-refractivity contribution in [3.8, 4) is 0 Å². The van der Waals surface area contributed by atoms with Crippen LogP contribution in [0.4, 0.5) is 5.69 Å². The molecule has 3 N–H and O–H groups in total. The fourth-order valence-corrected chi connectivity index (χ4v) is 2.79. The van der Waals surface area contributed by atoms with Gasteiger partial charge in [0.15, 0.2) is 0 Å². The zero-order valence-corrected chi connectivity index (χ0v) is 16.7. The van der Waals surface area contributed by atoms with Crippen LogP contribution in [-0.2, 0) is 30.4 Å². The summed E-state index contributed by atoms with van der Waals surface area (Å²) < 4.78 is 0. The van der Waals surface area contributed by atoms with Crippen molar-refractivity contribution in [3.05, 3.63) is 52.4 Å². The minimum atomic E-state index is -1.01. The van der Waals surface area contributed by atoms with Crippen LogP contribution in [-0.4, -0.2) is 60.6 Å². The molecule has 1 aromatic carbocycles. The number of nitrogens with zero attached hydrogens (tertiary/aromatic N) is 5. The largest absolute Gasteiger partial charge is 0.368 e. The smallest absolute Gasteiger partial charge is 0.258 e. The molecule has 31 heavy (non-hydrogen) atoms. The fourth-order valence-electron chi connectivity index (χ4n) is 2.79. The maximum atomic E-state index is 12.4. The zero-order valence-electron chi connectivity index (χ0n) is 16.7. The number of amides is 5. The number of hydrogen-bond donors (Lipinski definition) is 2. The third-order valence-electron chi connectivity index (χ3n) is 4.43. The van der Waals surface area contributed by atoms with E-state index in [-0.39, 0.29) is 31.8 Å². The van der Waals surface area contributed by atoms with Crippen LogP contribution in [0.3, 0.4) is 0 Å². The normalized spacial score (nSPS) is 13.5. The van der Waals surface area contributed by atoms with E-state index >= 15 is 0 Å². The Morgan fingerprint density at radius 1 is 1.19 bits per heavy atom. The predicted molar refractivity (Wildman–Crippen MR) is 109 cm³/mol. The number of primary amides is 1. The van der Waals surface area contributed by atoms with Gasteiger partial charge in [-0.2, -0.15) is 0 Å². The number of nitrogens with one attached hydrogen (secondary N) is 1. The average Bonchev–Trinajstić information content (AvgIpc) is 3.06. The maximum Gasteiger partial charge on any atom is 0.258 e. The lowest BCUT2D eigenvalue weighted by molar-refractivity contribution is -0.135. The van der Waals surface area contributed by atoms with Crippen molar-refractivity contribution in [3.63, 3.8) is 0 Å². The first-order valence-electron chi connectivity index (χ1n) is 9.21. The van der Waals surface area contributed by atoms with E-state index in [1.54, 1.807) is 24.3 Å². The van der Waals surface area contributed by atoms with Gasteiger partial charge in [-0.3, -0.25) is 24.0 Å². The third-order valence-corrected chi connectivity index (χ3v) is 4.43. The molecule has 0 saturated carbocycles. The van der Waals surface area contributed by atoms with Crippen molar-refractivity contribution in [2.45, 2.75) is 18.9 Å². The first-order chi connectivity index (χ1) is 14.7. The van der Waals surface area contributed by atoms with Crippen LogP contribution in [0.25, 0.3) is 10.4 Å². The van der Waals surface area contributed by atoms with Crippen LogP contribution in [0.1, 0.15) is 12.0 Å². The van der Waals surface area contributed by atoms with Crippen LogP contribution in [0, 0.1) is 0 Å². The van der Waals surface area contributed by atoms with Gasteiger partial charge < -0.3 is 16.0 Å². The van der Waals surface area contributed by atoms with Crippen LogP contribution in [0.5, 0.6) is 0 Å². The molecule has 162 valence electrons. The minimum absolute atomic E-state index is 0.0136. The summed E-state index contributed by atoms with van der Waals surface area (Å²) >= 11 is 0. The lowest BCUT2D eigenvalue weighted by Crippen LogP contribution is -2.48. The molecule has 1 heterocycles. The summed E-state index contributed by atoms with van der Waals surface area (Å²) in [5, 5.41) is 5.70. The van der Waals surface area contributed by atoms with Gasteiger partial charge in [-0.05, 0) is 29.6 Å². The Labute approximate surface area is 177 Å². The van der Waals surface area contributed by atoms with E-state index in [1.807, 2.05) is 0 Å². The highest BCUT2D eigenvalue weighted by molar-refractivity contribution is 6.28. The van der Waals surface area contributed by atoms with Crippen LogP contribution in [0.2, 0.25) is 0 Å². The van der Waals surface area contributed by atoms with E-state index in [0.29, 0.717) is 11.3 Å². The number of carbonyl (C=O) groups is 5. The SMILES string of the molecule is CN(CC(=O)NC(CCN=[N+]=[N-])C(N)=O)C(=O)Cc1ccc(N2C(=O)C=CC2=O)cc1. The quantitative estimate of drug-likeness (QED) is 0.226. The molecule has 0 radical (unpaired) electrons. The number of likely N-dealkylation sites (N-methyl/N-ethyl adjacent to an activating group) is 1. The number of anilines is 1. The standard InChI is InChI=1S/C19H21N7O5/c1-25(11-15(27)23-14(19(20)31)8-9-22-24-21)18(30)10-12-2-4-13(5-3-12)26-16(28)6-7-17(26)29/h2-7,14H,8-11H2,1H3,(H2,20,31)(H,23,27). The summed E-state index contributed by atoms with van der Waals surface area (Å²) in [7, 11) is 1.43. The molecule has 5 amide bonds. The summed E-state index contributed by atoms with van der Waals surface area (Å²) in [5.41, 5.74) is 14.5. The molecule has 0 aromatic heterocycles. The number of benzene rings is 1. The van der Waals surface area contributed by atoms with Crippen molar-refractivity contribution in [2.24, 2.45) is 10.8 Å². The van der Waals surface area contributed by atoms with Gasteiger partial charge in [0.25, 0.3) is 11.8 Å². The summed E-state index contributed by atoms with van der Waals surface area (Å²) in [6.45, 7) is -0.315. The summed E-state index contributed by atoms with van der Waals surface area (Å²) in [6.07, 6.45) is 2.39. The van der Waals surface area contributed by atoms with E-state index in [4.69, 9.17) is 11.3 Å². The van der Waals surface area contributed by atoms with Crippen molar-refractivity contribution in [1.29, 1.82) is 0 Å². The third kappa shape index (κ3) is 6.41. The number of hydrogen-bond acceptors (Lipinski definition) is 6. The molecule has 0 saturated heterocycles. The number of rotatable bonds is 10. The second-order valence-corrected chi connectivity index (χ2v) is 6.70. The van der Waals surface area contributed by atoms with Crippen LogP contribution < -0.4 is 16.0 Å². The molecular formula is C19H21N7O5. The Kier molecular flexibility index (Phi) is 7.87. The number of nitrogens with two attached hydrogens (primary N) is 1. The van der Waals surface area contributed by atoms with E-state index in [0.717, 1.165) is 4.90 Å². The van der Waals surface area contributed by atoms with Crippen molar-refractivity contribution < 1.29 is 24.0 Å². The summed E-state index contributed by atoms with van der Waals surface area (Å²) in [6, 6.07) is 5.32. The Hall–Kier alpha value is -4.18. The molecule has 0 aliphatic carbocycles. The molecule has 12 nitrogen and oxygen atoms in total. The van der Waals surface area contributed by atoms with Crippen molar-refractivity contribution >= 4 is 35.2 Å². The van der Waals surface area contributed by atoms with E-state index < -0.39 is 29.7 Å². The van der Waals surface area contributed by atoms with Crippen molar-refractivity contribution in [2.75, 3.05) is 25.0 Å². The monoisotopic (exact) mass is 427 g/mol. The molecular weight excluding hydrogens is 406 g/mol.